The van der Waals surface area contributed by atoms with Gasteiger partial charge in [-0.3, -0.25) is 0 Å². The van der Waals surface area contributed by atoms with Gasteiger partial charge in [0.1, 0.15) is 0 Å². The first-order chi connectivity index (χ1) is 25.6. The maximum Gasteiger partial charge on any atom is 0.160 e. The molecule has 8 aromatic rings. The third kappa shape index (κ3) is 4.37. The lowest BCUT2D eigenvalue weighted by atomic mass is 9.63. The summed E-state index contributed by atoms with van der Waals surface area (Å²) in [4.78, 5) is 10.5. The van der Waals surface area contributed by atoms with Gasteiger partial charge in [0.05, 0.1) is 16.6 Å². The average molecular weight is 667 g/mol. The van der Waals surface area contributed by atoms with Crippen LogP contribution in [-0.2, 0) is 10.8 Å². The SMILES string of the molecule is CC1(C)c2ccc(-c3nc(-c4ccccc4)c4ccccc4n3)cc2C2c3ccccc3C(c3ccccc3)(c3ccccc3)c3ccccc3C21. The minimum atomic E-state index is -0.500. The van der Waals surface area contributed by atoms with E-state index in [1.165, 1.54) is 44.5 Å². The van der Waals surface area contributed by atoms with Crippen LogP contribution in [0.25, 0.3) is 33.5 Å². The second-order valence-electron chi connectivity index (χ2n) is 14.9. The van der Waals surface area contributed by atoms with Gasteiger partial charge in [0.15, 0.2) is 5.82 Å². The van der Waals surface area contributed by atoms with Crippen molar-refractivity contribution in [2.75, 3.05) is 0 Å². The predicted octanol–water partition coefficient (Wildman–Crippen LogP) is 11.9. The van der Waals surface area contributed by atoms with E-state index in [0.717, 1.165) is 33.5 Å². The van der Waals surface area contributed by atoms with E-state index in [0.29, 0.717) is 0 Å². The molecule has 2 unspecified atom stereocenters. The normalized spacial score (nSPS) is 17.7. The van der Waals surface area contributed by atoms with Crippen molar-refractivity contribution in [3.63, 3.8) is 0 Å². The smallest absolute Gasteiger partial charge is 0.160 e. The Labute approximate surface area is 305 Å². The van der Waals surface area contributed by atoms with E-state index in [1.807, 2.05) is 0 Å². The molecule has 248 valence electrons. The second-order valence-corrected chi connectivity index (χ2v) is 14.9. The van der Waals surface area contributed by atoms with Crippen LogP contribution in [0.3, 0.4) is 0 Å². The quantitative estimate of drug-likeness (QED) is 0.187. The molecule has 0 saturated carbocycles. The molecule has 0 amide bonds. The van der Waals surface area contributed by atoms with Gasteiger partial charge in [0.2, 0.25) is 0 Å². The number of para-hydroxylation sites is 1. The minimum absolute atomic E-state index is 0.130. The molecular weight excluding hydrogens is 629 g/mol. The minimum Gasteiger partial charge on any atom is -0.228 e. The van der Waals surface area contributed by atoms with E-state index >= 15 is 0 Å². The van der Waals surface area contributed by atoms with E-state index < -0.39 is 5.41 Å². The van der Waals surface area contributed by atoms with Crippen LogP contribution < -0.4 is 0 Å². The lowest BCUT2D eigenvalue weighted by molar-refractivity contribution is 0.422. The fraction of sp³-hybridized carbons (Fsp3) is 0.120. The average Bonchev–Trinajstić information content (AvgIpc) is 3.36. The van der Waals surface area contributed by atoms with Crippen molar-refractivity contribution >= 4 is 10.9 Å². The molecule has 0 radical (unpaired) electrons. The molecular formula is C50H38N2. The fourth-order valence-corrected chi connectivity index (χ4v) is 9.78. The highest BCUT2D eigenvalue weighted by atomic mass is 14.9. The van der Waals surface area contributed by atoms with Crippen molar-refractivity contribution in [2.24, 2.45) is 0 Å². The van der Waals surface area contributed by atoms with E-state index in [4.69, 9.17) is 9.97 Å². The lowest BCUT2D eigenvalue weighted by Crippen LogP contribution is -2.33. The van der Waals surface area contributed by atoms with E-state index in [-0.39, 0.29) is 17.3 Å². The number of aromatic nitrogens is 2. The standard InChI is InChI=1S/C50H38N2/c1-49(2)41-31-30-34(48-51-44-29-17-14-26-39(44)47(52-48)33-18-6-3-7-19-33)32-40(41)45-37-24-12-15-27-42(37)50(35-20-8-4-9-21-35,36-22-10-5-11-23-36)43-28-16-13-25-38(43)46(45)49/h3-32,45-46H,1-2H3. The van der Waals surface area contributed by atoms with Gasteiger partial charge in [0, 0.05) is 28.3 Å². The zero-order valence-corrected chi connectivity index (χ0v) is 29.4. The predicted molar refractivity (Wildman–Crippen MR) is 213 cm³/mol. The van der Waals surface area contributed by atoms with Gasteiger partial charge in [-0.05, 0) is 62.1 Å². The Bertz CT molecular complexity index is 2570. The molecule has 2 atom stereocenters. The molecule has 2 nitrogen and oxygen atoms in total. The molecule has 2 aliphatic rings. The Morgan fingerprint density at radius 1 is 0.442 bits per heavy atom. The Kier molecular flexibility index (Phi) is 6.91. The molecule has 0 fully saturated rings. The summed E-state index contributed by atoms with van der Waals surface area (Å²) >= 11 is 0. The van der Waals surface area contributed by atoms with E-state index in [1.54, 1.807) is 0 Å². The molecule has 0 spiro atoms. The highest BCUT2D eigenvalue weighted by molar-refractivity contribution is 5.93. The molecule has 2 heteroatoms. The molecule has 0 bridgehead atoms. The molecule has 7 aromatic carbocycles. The highest BCUT2D eigenvalue weighted by Gasteiger charge is 2.54. The lowest BCUT2D eigenvalue weighted by Gasteiger charge is -2.39. The summed E-state index contributed by atoms with van der Waals surface area (Å²) in [5, 5.41) is 1.06. The van der Waals surface area contributed by atoms with Crippen molar-refractivity contribution in [3.05, 3.63) is 226 Å². The van der Waals surface area contributed by atoms with Gasteiger partial charge >= 0.3 is 0 Å². The van der Waals surface area contributed by atoms with Gasteiger partial charge in [-0.1, -0.05) is 184 Å². The van der Waals surface area contributed by atoms with E-state index in [9.17, 15) is 0 Å². The Hall–Kier alpha value is -6.12. The Morgan fingerprint density at radius 3 is 1.69 bits per heavy atom. The van der Waals surface area contributed by atoms with Crippen molar-refractivity contribution in [1.29, 1.82) is 0 Å². The summed E-state index contributed by atoms with van der Waals surface area (Å²) in [5.41, 5.74) is 14.2. The molecule has 1 aromatic heterocycles. The third-order valence-electron chi connectivity index (χ3n) is 11.9. The number of hydrogen-bond donors (Lipinski definition) is 0. The van der Waals surface area contributed by atoms with Crippen LogP contribution in [0.2, 0.25) is 0 Å². The van der Waals surface area contributed by atoms with Crippen LogP contribution in [0.1, 0.15) is 70.2 Å². The monoisotopic (exact) mass is 666 g/mol. The molecule has 0 saturated heterocycles. The zero-order chi connectivity index (χ0) is 34.9. The first kappa shape index (κ1) is 30.7. The highest BCUT2D eigenvalue weighted by Crippen LogP contribution is 2.64. The van der Waals surface area contributed by atoms with Crippen LogP contribution in [0.4, 0.5) is 0 Å². The first-order valence-corrected chi connectivity index (χ1v) is 18.3. The van der Waals surface area contributed by atoms with Crippen LogP contribution >= 0.6 is 0 Å². The van der Waals surface area contributed by atoms with Gasteiger partial charge in [-0.25, -0.2) is 9.97 Å². The van der Waals surface area contributed by atoms with Crippen LogP contribution in [0.15, 0.2) is 182 Å². The summed E-state index contributed by atoms with van der Waals surface area (Å²) in [6.45, 7) is 4.90. The Balaban J connectivity index is 1.26. The summed E-state index contributed by atoms with van der Waals surface area (Å²) in [7, 11) is 0. The van der Waals surface area contributed by atoms with Crippen molar-refractivity contribution in [1.82, 2.24) is 9.97 Å². The maximum absolute atomic E-state index is 5.30. The zero-order valence-electron chi connectivity index (χ0n) is 29.4. The molecule has 0 aliphatic heterocycles. The van der Waals surface area contributed by atoms with Crippen LogP contribution in [-0.4, -0.2) is 9.97 Å². The first-order valence-electron chi connectivity index (χ1n) is 18.3. The third-order valence-corrected chi connectivity index (χ3v) is 11.9. The summed E-state index contributed by atoms with van der Waals surface area (Å²) in [6, 6.07) is 66.7. The largest absolute Gasteiger partial charge is 0.228 e. The van der Waals surface area contributed by atoms with Gasteiger partial charge in [-0.2, -0.15) is 0 Å². The number of rotatable bonds is 4. The number of fused-ring (bicyclic) bond motifs is 8. The van der Waals surface area contributed by atoms with Crippen molar-refractivity contribution < 1.29 is 0 Å². The molecule has 2 aliphatic carbocycles. The summed E-state index contributed by atoms with van der Waals surface area (Å²) in [5.74, 6) is 1.10. The van der Waals surface area contributed by atoms with Crippen LogP contribution in [0, 0.1) is 0 Å². The topological polar surface area (TPSA) is 25.8 Å². The summed E-state index contributed by atoms with van der Waals surface area (Å²) < 4.78 is 0. The molecule has 0 N–H and O–H groups in total. The van der Waals surface area contributed by atoms with Crippen LogP contribution in [0.5, 0.6) is 0 Å². The molecule has 1 heterocycles. The van der Waals surface area contributed by atoms with Crippen molar-refractivity contribution in [2.45, 2.75) is 36.5 Å². The summed E-state index contributed by atoms with van der Waals surface area (Å²) in [6.07, 6.45) is 0. The second kappa shape index (κ2) is 11.7. The number of nitrogens with zero attached hydrogens (tertiary/aromatic N) is 2. The number of benzene rings is 7. The number of hydrogen-bond acceptors (Lipinski definition) is 2. The van der Waals surface area contributed by atoms with Gasteiger partial charge < -0.3 is 0 Å². The maximum atomic E-state index is 5.30. The van der Waals surface area contributed by atoms with Crippen molar-refractivity contribution in [3.8, 4) is 22.6 Å². The Morgan fingerprint density at radius 2 is 1.00 bits per heavy atom. The fourth-order valence-electron chi connectivity index (χ4n) is 9.78. The molecule has 10 rings (SSSR count). The van der Waals surface area contributed by atoms with E-state index in [2.05, 4.69) is 196 Å². The van der Waals surface area contributed by atoms with Gasteiger partial charge in [0.25, 0.3) is 0 Å². The molecule has 52 heavy (non-hydrogen) atoms. The van der Waals surface area contributed by atoms with Gasteiger partial charge in [-0.15, -0.1) is 0 Å².